The van der Waals surface area contributed by atoms with Crippen molar-refractivity contribution in [1.82, 2.24) is 15.0 Å². The molecule has 2 aromatic rings. The first kappa shape index (κ1) is 8.89. The van der Waals surface area contributed by atoms with Crippen molar-refractivity contribution in [2.24, 2.45) is 0 Å². The van der Waals surface area contributed by atoms with Gasteiger partial charge in [0.05, 0.1) is 11.8 Å². The summed E-state index contributed by atoms with van der Waals surface area (Å²) in [5.41, 5.74) is 6.35. The van der Waals surface area contributed by atoms with Crippen LogP contribution in [0.2, 0.25) is 0 Å². The molecule has 0 saturated heterocycles. The molecule has 0 aromatic carbocycles. The number of nitrogens with zero attached hydrogens (tertiary/aromatic N) is 2. The van der Waals surface area contributed by atoms with Gasteiger partial charge in [0.15, 0.2) is 0 Å². The lowest BCUT2D eigenvalue weighted by atomic mass is 10.2. The molecule has 6 heteroatoms. The molecule has 2 rings (SSSR count). The molecule has 0 amide bonds. The van der Waals surface area contributed by atoms with Crippen molar-refractivity contribution in [3.63, 3.8) is 0 Å². The highest BCUT2D eigenvalue weighted by molar-refractivity contribution is 7.71. The molecule has 0 saturated carbocycles. The minimum atomic E-state index is 0.219. The van der Waals surface area contributed by atoms with E-state index in [1.165, 1.54) is 0 Å². The summed E-state index contributed by atoms with van der Waals surface area (Å²) in [6.07, 6.45) is 1.58. The Bertz CT molecular complexity index is 516. The van der Waals surface area contributed by atoms with E-state index >= 15 is 0 Å². The number of hydrogen-bond acceptors (Lipinski definition) is 5. The van der Waals surface area contributed by atoms with E-state index in [9.17, 15) is 0 Å². The maximum Gasteiger partial charge on any atom is 0.224 e. The van der Waals surface area contributed by atoms with Crippen LogP contribution in [0.5, 0.6) is 0 Å². The molecular formula is C8H8N4OS. The van der Waals surface area contributed by atoms with Gasteiger partial charge in [0.1, 0.15) is 11.6 Å². The lowest BCUT2D eigenvalue weighted by molar-refractivity contribution is 0.535. The third-order valence-electron chi connectivity index (χ3n) is 1.78. The zero-order valence-electron chi connectivity index (χ0n) is 7.44. The molecule has 0 spiro atoms. The van der Waals surface area contributed by atoms with E-state index < -0.39 is 0 Å². The zero-order valence-corrected chi connectivity index (χ0v) is 8.26. The first-order valence-corrected chi connectivity index (χ1v) is 4.36. The Morgan fingerprint density at radius 2 is 2.29 bits per heavy atom. The summed E-state index contributed by atoms with van der Waals surface area (Å²) < 4.78 is 5.36. The number of nitrogens with one attached hydrogen (secondary N) is 1. The van der Waals surface area contributed by atoms with Crippen LogP contribution >= 0.6 is 12.2 Å². The molecule has 14 heavy (non-hydrogen) atoms. The average Bonchev–Trinajstić information content (AvgIpc) is 2.49. The fourth-order valence-corrected chi connectivity index (χ4v) is 1.35. The fraction of sp³-hybridized carbons (Fsp3) is 0.125. The molecule has 0 bridgehead atoms. The molecule has 2 aromatic heterocycles. The smallest absolute Gasteiger partial charge is 0.224 e. The summed E-state index contributed by atoms with van der Waals surface area (Å²) in [7, 11) is 0. The van der Waals surface area contributed by atoms with Crippen LogP contribution < -0.4 is 5.73 Å². The summed E-state index contributed by atoms with van der Waals surface area (Å²) in [6.45, 7) is 1.84. The normalized spacial score (nSPS) is 10.4. The highest BCUT2D eigenvalue weighted by Gasteiger charge is 2.07. The molecule has 0 unspecified atom stereocenters. The predicted molar refractivity (Wildman–Crippen MR) is 54.1 cm³/mol. The van der Waals surface area contributed by atoms with Crippen LogP contribution in [0.3, 0.4) is 0 Å². The number of furan rings is 1. The van der Waals surface area contributed by atoms with Gasteiger partial charge in [0.25, 0.3) is 0 Å². The van der Waals surface area contributed by atoms with E-state index in [0.29, 0.717) is 5.82 Å². The molecular weight excluding hydrogens is 200 g/mol. The Morgan fingerprint density at radius 1 is 1.50 bits per heavy atom. The van der Waals surface area contributed by atoms with Gasteiger partial charge in [-0.15, -0.1) is 0 Å². The SMILES string of the molecule is Cc1occc1-c1nc(=S)nc(N)[nH]1. The van der Waals surface area contributed by atoms with Gasteiger partial charge in [-0.1, -0.05) is 0 Å². The number of aryl methyl sites for hydroxylation is 1. The molecule has 0 aliphatic heterocycles. The van der Waals surface area contributed by atoms with Crippen LogP contribution in [-0.4, -0.2) is 15.0 Å². The number of nitrogens with two attached hydrogens (primary N) is 1. The van der Waals surface area contributed by atoms with Crippen molar-refractivity contribution in [3.05, 3.63) is 22.9 Å². The molecule has 3 N–H and O–H groups in total. The number of aromatic amines is 1. The van der Waals surface area contributed by atoms with Gasteiger partial charge < -0.3 is 15.1 Å². The van der Waals surface area contributed by atoms with E-state index in [1.807, 2.05) is 6.92 Å². The Hall–Kier alpha value is -1.69. The van der Waals surface area contributed by atoms with E-state index in [0.717, 1.165) is 11.3 Å². The molecule has 2 heterocycles. The number of hydrogen-bond donors (Lipinski definition) is 2. The summed E-state index contributed by atoms with van der Waals surface area (Å²) in [4.78, 5) is 10.6. The fourth-order valence-electron chi connectivity index (χ4n) is 1.16. The van der Waals surface area contributed by atoms with Gasteiger partial charge in [-0.2, -0.15) is 4.98 Å². The second-order valence-corrected chi connectivity index (χ2v) is 3.12. The van der Waals surface area contributed by atoms with Gasteiger partial charge in [-0.25, -0.2) is 4.98 Å². The van der Waals surface area contributed by atoms with E-state index in [-0.39, 0.29) is 10.7 Å². The van der Waals surface area contributed by atoms with Crippen LogP contribution in [0.1, 0.15) is 5.76 Å². The summed E-state index contributed by atoms with van der Waals surface area (Å²) in [5, 5.41) is 0. The molecule has 0 aliphatic rings. The highest BCUT2D eigenvalue weighted by atomic mass is 32.1. The molecule has 5 nitrogen and oxygen atoms in total. The monoisotopic (exact) mass is 208 g/mol. The van der Waals surface area contributed by atoms with E-state index in [2.05, 4.69) is 15.0 Å². The van der Waals surface area contributed by atoms with Crippen LogP contribution in [0.15, 0.2) is 16.7 Å². The highest BCUT2D eigenvalue weighted by Crippen LogP contribution is 2.20. The minimum absolute atomic E-state index is 0.219. The Morgan fingerprint density at radius 3 is 2.86 bits per heavy atom. The average molecular weight is 208 g/mol. The molecule has 0 fully saturated rings. The lowest BCUT2D eigenvalue weighted by Crippen LogP contribution is -1.99. The van der Waals surface area contributed by atoms with E-state index in [1.54, 1.807) is 12.3 Å². The van der Waals surface area contributed by atoms with Gasteiger partial charge in [-0.05, 0) is 25.2 Å². The van der Waals surface area contributed by atoms with Gasteiger partial charge in [-0.3, -0.25) is 0 Å². The number of H-pyrrole nitrogens is 1. The zero-order chi connectivity index (χ0) is 10.1. The number of aromatic nitrogens is 3. The molecule has 0 atom stereocenters. The second-order valence-electron chi connectivity index (χ2n) is 2.76. The van der Waals surface area contributed by atoms with Crippen molar-refractivity contribution < 1.29 is 4.42 Å². The summed E-state index contributed by atoms with van der Waals surface area (Å²) in [5.74, 6) is 1.59. The van der Waals surface area contributed by atoms with Crippen molar-refractivity contribution in [3.8, 4) is 11.4 Å². The predicted octanol–water partition coefficient (Wildman–Crippen LogP) is 1.68. The van der Waals surface area contributed by atoms with Crippen molar-refractivity contribution in [1.29, 1.82) is 0 Å². The maximum absolute atomic E-state index is 5.51. The Labute approximate surface area is 85.0 Å². The largest absolute Gasteiger partial charge is 0.469 e. The van der Waals surface area contributed by atoms with Gasteiger partial charge in [0.2, 0.25) is 10.7 Å². The maximum atomic E-state index is 5.51. The Balaban J connectivity index is 2.63. The Kier molecular flexibility index (Phi) is 2.05. The van der Waals surface area contributed by atoms with Gasteiger partial charge >= 0.3 is 0 Å². The quantitative estimate of drug-likeness (QED) is 0.697. The first-order valence-electron chi connectivity index (χ1n) is 3.95. The van der Waals surface area contributed by atoms with Gasteiger partial charge in [0, 0.05) is 0 Å². The summed E-state index contributed by atoms with van der Waals surface area (Å²) >= 11 is 4.85. The number of nitrogen functional groups attached to an aromatic ring is 1. The lowest BCUT2D eigenvalue weighted by Gasteiger charge is -1.99. The third kappa shape index (κ3) is 1.51. The first-order chi connectivity index (χ1) is 6.66. The molecule has 72 valence electrons. The molecule has 0 aliphatic carbocycles. The third-order valence-corrected chi connectivity index (χ3v) is 1.97. The van der Waals surface area contributed by atoms with Crippen LogP contribution in [0.4, 0.5) is 5.95 Å². The van der Waals surface area contributed by atoms with E-state index in [4.69, 9.17) is 22.4 Å². The number of rotatable bonds is 1. The standard InChI is InChI=1S/C8H8N4OS/c1-4-5(2-3-13-4)6-10-7(9)12-8(14)11-6/h2-3H,1H3,(H3,9,10,11,12,14). The van der Waals surface area contributed by atoms with Crippen LogP contribution in [0, 0.1) is 11.7 Å². The second kappa shape index (κ2) is 3.22. The van der Waals surface area contributed by atoms with Crippen LogP contribution in [-0.2, 0) is 0 Å². The van der Waals surface area contributed by atoms with Crippen LogP contribution in [0.25, 0.3) is 11.4 Å². The van der Waals surface area contributed by atoms with Crippen molar-refractivity contribution >= 4 is 18.2 Å². The molecule has 0 radical (unpaired) electrons. The minimum Gasteiger partial charge on any atom is -0.469 e. The topological polar surface area (TPSA) is 80.7 Å². The van der Waals surface area contributed by atoms with Crippen molar-refractivity contribution in [2.75, 3.05) is 5.73 Å². The van der Waals surface area contributed by atoms with Crippen molar-refractivity contribution in [2.45, 2.75) is 6.92 Å². The summed E-state index contributed by atoms with van der Waals surface area (Å²) in [6, 6.07) is 1.79. The number of anilines is 1.